The van der Waals surface area contributed by atoms with Gasteiger partial charge in [-0.2, -0.15) is 0 Å². The lowest BCUT2D eigenvalue weighted by Gasteiger charge is -2.16. The number of rotatable bonds is 7. The van der Waals surface area contributed by atoms with Crippen molar-refractivity contribution in [3.8, 4) is 0 Å². The maximum atomic E-state index is 11.9. The quantitative estimate of drug-likeness (QED) is 0.302. The van der Waals surface area contributed by atoms with E-state index >= 15 is 0 Å². The van der Waals surface area contributed by atoms with Crippen LogP contribution in [0.4, 0.5) is 0 Å². The summed E-state index contributed by atoms with van der Waals surface area (Å²) in [6, 6.07) is 5.74. The summed E-state index contributed by atoms with van der Waals surface area (Å²) in [5, 5.41) is 2.88. The van der Waals surface area contributed by atoms with Gasteiger partial charge in [0.1, 0.15) is 6.54 Å². The topological polar surface area (TPSA) is 83.6 Å². The van der Waals surface area contributed by atoms with E-state index in [0.29, 0.717) is 13.1 Å². The molecule has 1 rings (SSSR count). The first-order chi connectivity index (χ1) is 9.99. The molecule has 0 radical (unpaired) electrons. The predicted octanol–water partition coefficient (Wildman–Crippen LogP) is 1.18. The molecular weight excluding hydrogens is 393 g/mol. The minimum Gasteiger partial charge on any atom is -0.370 e. The van der Waals surface area contributed by atoms with Gasteiger partial charge in [0.2, 0.25) is 5.91 Å². The molecule has 0 aliphatic rings. The van der Waals surface area contributed by atoms with Crippen molar-refractivity contribution in [1.29, 1.82) is 0 Å². The van der Waals surface area contributed by atoms with Gasteiger partial charge in [-0.1, -0.05) is 18.2 Å². The van der Waals surface area contributed by atoms with E-state index in [-0.39, 0.29) is 42.4 Å². The Morgan fingerprint density at radius 2 is 2.23 bits per heavy atom. The van der Waals surface area contributed by atoms with Gasteiger partial charge in [0, 0.05) is 38.4 Å². The van der Waals surface area contributed by atoms with Crippen LogP contribution in [0, 0.1) is 0 Å². The number of carbonyl (C=O) groups is 1. The molecule has 7 heteroatoms. The number of hydrogen-bond donors (Lipinski definition) is 2. The Bertz CT molecular complexity index is 504. The lowest BCUT2D eigenvalue weighted by molar-refractivity contribution is -0.128. The molecule has 22 heavy (non-hydrogen) atoms. The number of nitrogens with one attached hydrogen (secondary N) is 1. The molecule has 0 aliphatic carbocycles. The second-order valence-electron chi connectivity index (χ2n) is 4.90. The molecule has 0 fully saturated rings. The fourth-order valence-corrected chi connectivity index (χ4v) is 1.52. The molecule has 6 nitrogen and oxygen atoms in total. The van der Waals surface area contributed by atoms with Crippen LogP contribution in [0.5, 0.6) is 0 Å². The number of pyridine rings is 1. The van der Waals surface area contributed by atoms with E-state index in [9.17, 15) is 4.79 Å². The number of guanidine groups is 1. The van der Waals surface area contributed by atoms with Crippen molar-refractivity contribution in [1.82, 2.24) is 15.2 Å². The van der Waals surface area contributed by atoms with Crippen LogP contribution in [0.3, 0.4) is 0 Å². The molecular formula is C15H24IN5O. The Hall–Kier alpha value is -1.64. The average molecular weight is 417 g/mol. The highest BCUT2D eigenvalue weighted by Gasteiger charge is 2.08. The van der Waals surface area contributed by atoms with Crippen molar-refractivity contribution in [2.75, 3.05) is 26.7 Å². The van der Waals surface area contributed by atoms with Crippen molar-refractivity contribution < 1.29 is 4.79 Å². The molecule has 0 aliphatic heterocycles. The monoisotopic (exact) mass is 417 g/mol. The molecule has 0 bridgehead atoms. The zero-order valence-corrected chi connectivity index (χ0v) is 15.4. The highest BCUT2D eigenvalue weighted by molar-refractivity contribution is 14.0. The number of likely N-dealkylation sites (N-methyl/N-ethyl adjacent to an activating group) is 1. The Balaban J connectivity index is 0.00000441. The van der Waals surface area contributed by atoms with Gasteiger partial charge >= 0.3 is 0 Å². The molecule has 122 valence electrons. The number of carbonyl (C=O) groups excluding carboxylic acids is 1. The Kier molecular flexibility index (Phi) is 10.2. The number of aliphatic imine (C=N–C) groups is 1. The molecule has 0 unspecified atom stereocenters. The van der Waals surface area contributed by atoms with E-state index in [4.69, 9.17) is 5.73 Å². The van der Waals surface area contributed by atoms with E-state index in [1.54, 1.807) is 18.1 Å². The van der Waals surface area contributed by atoms with E-state index in [1.165, 1.54) is 0 Å². The standard InChI is InChI=1S/C15H23N5O.HI/c1-12(2)10-18-15(16)19-11-14(21)20(3)9-7-13-6-4-5-8-17-13;/h4-6,8H,1,7,9-11H2,2-3H3,(H3,16,18,19);1H. The fourth-order valence-electron chi connectivity index (χ4n) is 1.52. The second-order valence-corrected chi connectivity index (χ2v) is 4.90. The van der Waals surface area contributed by atoms with Gasteiger partial charge in [0.25, 0.3) is 0 Å². The molecule has 1 aromatic rings. The summed E-state index contributed by atoms with van der Waals surface area (Å²) in [6.45, 7) is 6.83. The molecule has 0 saturated carbocycles. The van der Waals surface area contributed by atoms with E-state index in [2.05, 4.69) is 21.9 Å². The second kappa shape index (κ2) is 11.0. The summed E-state index contributed by atoms with van der Waals surface area (Å²) in [5.74, 6) is 0.176. The SMILES string of the molecule is C=C(C)CNC(N)=NCC(=O)N(C)CCc1ccccn1.I. The first-order valence-corrected chi connectivity index (χ1v) is 6.81. The average Bonchev–Trinajstić information content (AvgIpc) is 2.49. The van der Waals surface area contributed by atoms with Crippen molar-refractivity contribution in [2.45, 2.75) is 13.3 Å². The van der Waals surface area contributed by atoms with Gasteiger partial charge < -0.3 is 16.0 Å². The van der Waals surface area contributed by atoms with E-state index in [0.717, 1.165) is 17.7 Å². The van der Waals surface area contributed by atoms with Crippen molar-refractivity contribution in [3.63, 3.8) is 0 Å². The number of nitrogens with zero attached hydrogens (tertiary/aromatic N) is 3. The summed E-state index contributed by atoms with van der Waals surface area (Å²) in [6.07, 6.45) is 2.46. The third-order valence-corrected chi connectivity index (χ3v) is 2.81. The van der Waals surface area contributed by atoms with Crippen LogP contribution in [-0.4, -0.2) is 48.4 Å². The lowest BCUT2D eigenvalue weighted by atomic mass is 10.2. The van der Waals surface area contributed by atoms with Crippen LogP contribution in [0.15, 0.2) is 41.5 Å². The molecule has 0 atom stereocenters. The molecule has 0 aromatic carbocycles. The number of amides is 1. The maximum Gasteiger partial charge on any atom is 0.244 e. The summed E-state index contributed by atoms with van der Waals surface area (Å²) in [4.78, 5) is 21.8. The van der Waals surface area contributed by atoms with Crippen molar-refractivity contribution in [2.24, 2.45) is 10.7 Å². The predicted molar refractivity (Wildman–Crippen MR) is 100 cm³/mol. The van der Waals surface area contributed by atoms with Crippen LogP contribution >= 0.6 is 24.0 Å². The summed E-state index contributed by atoms with van der Waals surface area (Å²) < 4.78 is 0. The highest BCUT2D eigenvalue weighted by atomic mass is 127. The maximum absolute atomic E-state index is 11.9. The van der Waals surface area contributed by atoms with Gasteiger partial charge in [-0.3, -0.25) is 9.78 Å². The zero-order chi connectivity index (χ0) is 15.7. The van der Waals surface area contributed by atoms with E-state index in [1.807, 2.05) is 25.1 Å². The molecule has 0 saturated heterocycles. The molecule has 3 N–H and O–H groups in total. The number of nitrogens with two attached hydrogens (primary N) is 1. The summed E-state index contributed by atoms with van der Waals surface area (Å²) in [7, 11) is 1.75. The third-order valence-electron chi connectivity index (χ3n) is 2.81. The Morgan fingerprint density at radius 3 is 2.82 bits per heavy atom. The van der Waals surface area contributed by atoms with Crippen molar-refractivity contribution in [3.05, 3.63) is 42.2 Å². The summed E-state index contributed by atoms with van der Waals surface area (Å²) >= 11 is 0. The van der Waals surface area contributed by atoms with Gasteiger partial charge in [-0.05, 0) is 19.1 Å². The number of halogens is 1. The number of aromatic nitrogens is 1. The number of hydrogen-bond acceptors (Lipinski definition) is 3. The first-order valence-electron chi connectivity index (χ1n) is 6.81. The zero-order valence-electron chi connectivity index (χ0n) is 13.1. The van der Waals surface area contributed by atoms with Gasteiger partial charge in [-0.15, -0.1) is 24.0 Å². The van der Waals surface area contributed by atoms with Gasteiger partial charge in [-0.25, -0.2) is 4.99 Å². The van der Waals surface area contributed by atoms with Crippen LogP contribution < -0.4 is 11.1 Å². The van der Waals surface area contributed by atoms with Gasteiger partial charge in [0.05, 0.1) is 0 Å². The van der Waals surface area contributed by atoms with Crippen LogP contribution in [0.1, 0.15) is 12.6 Å². The molecule has 1 aromatic heterocycles. The third kappa shape index (κ3) is 8.60. The van der Waals surface area contributed by atoms with E-state index < -0.39 is 0 Å². The fraction of sp³-hybridized carbons (Fsp3) is 0.400. The van der Waals surface area contributed by atoms with Crippen LogP contribution in [-0.2, 0) is 11.2 Å². The highest BCUT2D eigenvalue weighted by Crippen LogP contribution is 1.97. The smallest absolute Gasteiger partial charge is 0.244 e. The molecule has 1 amide bonds. The molecule has 0 spiro atoms. The van der Waals surface area contributed by atoms with Crippen LogP contribution in [0.25, 0.3) is 0 Å². The van der Waals surface area contributed by atoms with Crippen LogP contribution in [0.2, 0.25) is 0 Å². The normalized spacial score (nSPS) is 10.5. The van der Waals surface area contributed by atoms with Gasteiger partial charge in [0.15, 0.2) is 5.96 Å². The largest absolute Gasteiger partial charge is 0.370 e. The van der Waals surface area contributed by atoms with Crippen molar-refractivity contribution >= 4 is 35.8 Å². The Labute approximate surface area is 148 Å². The molecule has 1 heterocycles. The summed E-state index contributed by atoms with van der Waals surface area (Å²) in [5.41, 5.74) is 7.56. The minimum absolute atomic E-state index is 0. The Morgan fingerprint density at radius 1 is 1.50 bits per heavy atom. The first kappa shape index (κ1) is 20.4. The minimum atomic E-state index is -0.0778. The lowest BCUT2D eigenvalue weighted by Crippen LogP contribution is -2.35.